The number of carbonyl (C=O) groups is 2. The van der Waals surface area contributed by atoms with E-state index >= 15 is 0 Å². The summed E-state index contributed by atoms with van der Waals surface area (Å²) in [5, 5.41) is 12.1. The van der Waals surface area contributed by atoms with Gasteiger partial charge >= 0.3 is 12.1 Å². The maximum absolute atomic E-state index is 14.3. The highest BCUT2D eigenvalue weighted by molar-refractivity contribution is 5.96. The largest absolute Gasteiger partial charge is 0.481 e. The lowest BCUT2D eigenvalue weighted by Crippen LogP contribution is -2.33. The van der Waals surface area contributed by atoms with Crippen molar-refractivity contribution in [3.63, 3.8) is 0 Å². The molecule has 0 radical (unpaired) electrons. The van der Waals surface area contributed by atoms with Gasteiger partial charge in [-0.05, 0) is 54.8 Å². The van der Waals surface area contributed by atoms with Crippen molar-refractivity contribution in [2.45, 2.75) is 51.7 Å². The average molecular weight is 547 g/mol. The zero-order valence-corrected chi connectivity index (χ0v) is 21.6. The Labute approximate surface area is 224 Å². The molecule has 2 atom stereocenters. The molecule has 0 saturated heterocycles. The molecule has 0 fully saturated rings. The second-order valence-corrected chi connectivity index (χ2v) is 9.27. The van der Waals surface area contributed by atoms with Crippen molar-refractivity contribution < 1.29 is 37.0 Å². The first-order valence-electron chi connectivity index (χ1n) is 12.6. The molecule has 0 amide bonds. The molecule has 39 heavy (non-hydrogen) atoms. The van der Waals surface area contributed by atoms with Crippen molar-refractivity contribution in [3.8, 4) is 17.0 Å². The third-order valence-electron chi connectivity index (χ3n) is 6.44. The Balaban J connectivity index is 1.61. The van der Waals surface area contributed by atoms with Crippen LogP contribution < -0.4 is 10.1 Å². The predicted octanol–water partition coefficient (Wildman–Crippen LogP) is 7.25. The maximum Gasteiger partial charge on any atom is 0.416 e. The highest BCUT2D eigenvalue weighted by Gasteiger charge is 2.31. The fourth-order valence-electron chi connectivity index (χ4n) is 3.87. The number of aromatic nitrogens is 1. The third kappa shape index (κ3) is 8.53. The monoisotopic (exact) mass is 546 g/mol. The van der Waals surface area contributed by atoms with Gasteiger partial charge in [-0.3, -0.25) is 9.59 Å². The number of nitrogens with zero attached hydrogens (tertiary/aromatic N) is 1. The molecule has 0 saturated carbocycles. The van der Waals surface area contributed by atoms with E-state index in [-0.39, 0.29) is 55.1 Å². The summed E-state index contributed by atoms with van der Waals surface area (Å²) >= 11 is 0. The molecule has 2 aromatic carbocycles. The molecule has 0 aliphatic carbocycles. The number of rotatable bonds is 13. The van der Waals surface area contributed by atoms with Crippen molar-refractivity contribution in [2.24, 2.45) is 5.92 Å². The lowest BCUT2D eigenvalue weighted by molar-refractivity contribution is -0.138. The lowest BCUT2D eigenvalue weighted by Gasteiger charge is -2.25. The molecule has 0 unspecified atom stereocenters. The smallest absolute Gasteiger partial charge is 0.416 e. The molecular weight excluding hydrogens is 516 g/mol. The van der Waals surface area contributed by atoms with Gasteiger partial charge in [-0.15, -0.1) is 0 Å². The number of hydrogen-bond donors (Lipinski definition) is 2. The second-order valence-electron chi connectivity index (χ2n) is 9.27. The van der Waals surface area contributed by atoms with E-state index in [1.54, 1.807) is 24.3 Å². The van der Waals surface area contributed by atoms with Gasteiger partial charge < -0.3 is 15.2 Å². The van der Waals surface area contributed by atoms with E-state index in [0.29, 0.717) is 17.2 Å². The standard InChI is InChI=1S/C29H30F4N2O4/c1-3-18(2)25(35-22-11-7-19(8-12-22)26(36)5-4-6-28(37)38)17-39-27-14-9-20(16-34-27)23-13-10-21(15-24(23)30)29(31,32)33/h7-16,18,25,35H,3-6,17H2,1-2H3,(H,37,38)/t18-,25+/m0/s1. The van der Waals surface area contributed by atoms with Crippen molar-refractivity contribution >= 4 is 17.4 Å². The van der Waals surface area contributed by atoms with E-state index in [1.165, 1.54) is 18.3 Å². The van der Waals surface area contributed by atoms with Crippen molar-refractivity contribution in [3.05, 3.63) is 77.7 Å². The van der Waals surface area contributed by atoms with Gasteiger partial charge in [0.05, 0.1) is 11.6 Å². The Bertz CT molecular complexity index is 1260. The van der Waals surface area contributed by atoms with Gasteiger partial charge in [0, 0.05) is 47.5 Å². The second kappa shape index (κ2) is 13.2. The van der Waals surface area contributed by atoms with Gasteiger partial charge in [0.1, 0.15) is 12.4 Å². The molecule has 0 bridgehead atoms. The lowest BCUT2D eigenvalue weighted by atomic mass is 9.99. The van der Waals surface area contributed by atoms with Crippen LogP contribution in [0.1, 0.15) is 55.5 Å². The summed E-state index contributed by atoms with van der Waals surface area (Å²) < 4.78 is 58.6. The number of benzene rings is 2. The first-order chi connectivity index (χ1) is 18.5. The summed E-state index contributed by atoms with van der Waals surface area (Å²) in [4.78, 5) is 27.1. The van der Waals surface area contributed by atoms with Gasteiger partial charge in [-0.1, -0.05) is 26.3 Å². The average Bonchev–Trinajstić information content (AvgIpc) is 2.90. The minimum Gasteiger partial charge on any atom is -0.481 e. The number of anilines is 1. The first-order valence-corrected chi connectivity index (χ1v) is 12.6. The molecule has 1 heterocycles. The van der Waals surface area contributed by atoms with E-state index in [0.717, 1.165) is 24.2 Å². The molecule has 208 valence electrons. The van der Waals surface area contributed by atoms with Gasteiger partial charge in [0.25, 0.3) is 0 Å². The first kappa shape index (κ1) is 29.6. The molecule has 3 aromatic rings. The molecule has 0 spiro atoms. The Kier molecular flexibility index (Phi) is 10.0. The van der Waals surface area contributed by atoms with Gasteiger partial charge in [0.15, 0.2) is 5.78 Å². The summed E-state index contributed by atoms with van der Waals surface area (Å²) in [5.41, 5.74) is 0.563. The van der Waals surface area contributed by atoms with Gasteiger partial charge in [-0.2, -0.15) is 13.2 Å². The zero-order chi connectivity index (χ0) is 28.6. The van der Waals surface area contributed by atoms with Crippen LogP contribution in [0.3, 0.4) is 0 Å². The van der Waals surface area contributed by atoms with E-state index < -0.39 is 23.5 Å². The maximum atomic E-state index is 14.3. The fourth-order valence-corrected chi connectivity index (χ4v) is 3.87. The van der Waals surface area contributed by atoms with Crippen LogP contribution in [0.5, 0.6) is 5.88 Å². The number of alkyl halides is 3. The Morgan fingerprint density at radius 1 is 1.05 bits per heavy atom. The number of Topliss-reactive ketones (excluding diaryl/α,β-unsaturated/α-hetero) is 1. The number of carbonyl (C=O) groups excluding carboxylic acids is 1. The van der Waals surface area contributed by atoms with Crippen molar-refractivity contribution in [1.82, 2.24) is 4.98 Å². The van der Waals surface area contributed by atoms with E-state index in [9.17, 15) is 27.2 Å². The van der Waals surface area contributed by atoms with Crippen LogP contribution >= 0.6 is 0 Å². The minimum absolute atomic E-state index is 0.00464. The Morgan fingerprint density at radius 2 is 1.77 bits per heavy atom. The Morgan fingerprint density at radius 3 is 2.33 bits per heavy atom. The number of ketones is 1. The van der Waals surface area contributed by atoms with Crippen LogP contribution in [0.2, 0.25) is 0 Å². The summed E-state index contributed by atoms with van der Waals surface area (Å²) in [6.07, 6.45) is -2.01. The van der Waals surface area contributed by atoms with Crippen LogP contribution in [-0.4, -0.2) is 34.5 Å². The van der Waals surface area contributed by atoms with Crippen LogP contribution in [0.15, 0.2) is 60.8 Å². The van der Waals surface area contributed by atoms with Crippen molar-refractivity contribution in [2.75, 3.05) is 11.9 Å². The normalized spacial score (nSPS) is 13.0. The quantitative estimate of drug-likeness (QED) is 0.173. The van der Waals surface area contributed by atoms with Gasteiger partial charge in [0.2, 0.25) is 5.88 Å². The number of pyridine rings is 1. The molecule has 6 nitrogen and oxygen atoms in total. The SMILES string of the molecule is CC[C@H](C)[C@@H](COc1ccc(-c2ccc(C(F)(F)F)cc2F)cn1)Nc1ccc(C(=O)CCCC(=O)O)cc1. The summed E-state index contributed by atoms with van der Waals surface area (Å²) in [6, 6.07) is 12.3. The van der Waals surface area contributed by atoms with Crippen LogP contribution in [-0.2, 0) is 11.0 Å². The number of aliphatic carboxylic acids is 1. The van der Waals surface area contributed by atoms with Crippen LogP contribution in [0, 0.1) is 11.7 Å². The topological polar surface area (TPSA) is 88.5 Å². The summed E-state index contributed by atoms with van der Waals surface area (Å²) in [7, 11) is 0. The third-order valence-corrected chi connectivity index (χ3v) is 6.44. The number of ether oxygens (including phenoxy) is 1. The van der Waals surface area contributed by atoms with E-state index in [4.69, 9.17) is 9.84 Å². The molecule has 0 aliphatic rings. The van der Waals surface area contributed by atoms with E-state index in [1.807, 2.05) is 6.92 Å². The van der Waals surface area contributed by atoms with Crippen LogP contribution in [0.4, 0.5) is 23.2 Å². The summed E-state index contributed by atoms with van der Waals surface area (Å²) in [6.45, 7) is 4.36. The fraction of sp³-hybridized carbons (Fsp3) is 0.345. The molecule has 2 N–H and O–H groups in total. The number of hydrogen-bond acceptors (Lipinski definition) is 5. The highest BCUT2D eigenvalue weighted by Crippen LogP contribution is 2.33. The number of carboxylic acids is 1. The minimum atomic E-state index is -4.63. The summed E-state index contributed by atoms with van der Waals surface area (Å²) in [5.74, 6) is -1.55. The Hall–Kier alpha value is -3.95. The molecule has 1 aromatic heterocycles. The molecule has 10 heteroatoms. The number of carboxylic acid groups (broad SMARTS) is 1. The molecule has 0 aliphatic heterocycles. The molecule has 3 rings (SSSR count). The molecular formula is C29H30F4N2O4. The van der Waals surface area contributed by atoms with Crippen molar-refractivity contribution in [1.29, 1.82) is 0 Å². The van der Waals surface area contributed by atoms with Gasteiger partial charge in [-0.25, -0.2) is 9.37 Å². The predicted molar refractivity (Wildman–Crippen MR) is 139 cm³/mol. The van der Waals surface area contributed by atoms with E-state index in [2.05, 4.69) is 17.2 Å². The zero-order valence-electron chi connectivity index (χ0n) is 21.6. The number of nitrogens with one attached hydrogen (secondary N) is 1. The van der Waals surface area contributed by atoms with Crippen LogP contribution in [0.25, 0.3) is 11.1 Å². The number of halogens is 4. The highest BCUT2D eigenvalue weighted by atomic mass is 19.4.